The minimum Gasteiger partial charge on any atom is -0.490 e. The third-order valence-electron chi connectivity index (χ3n) is 4.21. The van der Waals surface area contributed by atoms with Crippen molar-refractivity contribution < 1.29 is 19.4 Å². The van der Waals surface area contributed by atoms with Crippen LogP contribution < -0.4 is 9.64 Å². The molecule has 0 unspecified atom stereocenters. The summed E-state index contributed by atoms with van der Waals surface area (Å²) in [5.41, 5.74) is -1.05. The van der Waals surface area contributed by atoms with Gasteiger partial charge in [0.1, 0.15) is 18.1 Å². The molecule has 7 heteroatoms. The Balaban J connectivity index is 1.83. The summed E-state index contributed by atoms with van der Waals surface area (Å²) in [7, 11) is 0. The molecule has 2 aromatic carbocycles. The third kappa shape index (κ3) is 3.43. The Morgan fingerprint density at radius 2 is 1.96 bits per heavy atom. The molecular formula is C19H17Cl2NO4. The van der Waals surface area contributed by atoms with E-state index >= 15 is 0 Å². The summed E-state index contributed by atoms with van der Waals surface area (Å²) in [6, 6.07) is 11.8. The molecule has 1 aliphatic rings. The molecule has 3 rings (SSSR count). The fourth-order valence-corrected chi connectivity index (χ4v) is 3.45. The average molecular weight is 394 g/mol. The van der Waals surface area contributed by atoms with Gasteiger partial charge in [0.15, 0.2) is 5.60 Å². The average Bonchev–Trinajstić information content (AvgIpc) is 2.77. The van der Waals surface area contributed by atoms with Crippen molar-refractivity contribution in [3.05, 3.63) is 58.1 Å². The van der Waals surface area contributed by atoms with Gasteiger partial charge >= 0.3 is 0 Å². The van der Waals surface area contributed by atoms with Crippen LogP contribution >= 0.6 is 23.2 Å². The van der Waals surface area contributed by atoms with E-state index in [2.05, 4.69) is 0 Å². The van der Waals surface area contributed by atoms with Gasteiger partial charge in [-0.3, -0.25) is 9.59 Å². The Kier molecular flexibility index (Phi) is 5.23. The van der Waals surface area contributed by atoms with E-state index in [0.717, 1.165) is 0 Å². The van der Waals surface area contributed by atoms with Crippen LogP contribution in [0.25, 0.3) is 0 Å². The Bertz CT molecular complexity index is 870. The quantitative estimate of drug-likeness (QED) is 0.814. The van der Waals surface area contributed by atoms with Gasteiger partial charge in [-0.2, -0.15) is 0 Å². The molecular weight excluding hydrogens is 377 g/mol. The number of anilines is 1. The number of nitrogens with zero attached hydrogens (tertiary/aromatic N) is 1. The van der Waals surface area contributed by atoms with Crippen molar-refractivity contribution in [2.24, 2.45) is 0 Å². The number of benzene rings is 2. The zero-order valence-electron chi connectivity index (χ0n) is 14.0. The molecule has 0 saturated carbocycles. The molecule has 1 atom stereocenters. The van der Waals surface area contributed by atoms with Crippen LogP contribution in [0, 0.1) is 0 Å². The van der Waals surface area contributed by atoms with Gasteiger partial charge < -0.3 is 14.7 Å². The van der Waals surface area contributed by atoms with Crippen molar-refractivity contribution in [1.82, 2.24) is 0 Å². The fraction of sp³-hybridized carbons (Fsp3) is 0.263. The van der Waals surface area contributed by atoms with Crippen LogP contribution in [0.2, 0.25) is 10.0 Å². The normalized spacial score (nSPS) is 18.8. The lowest BCUT2D eigenvalue weighted by atomic mass is 9.90. The van der Waals surface area contributed by atoms with Gasteiger partial charge in [-0.25, -0.2) is 0 Å². The third-order valence-corrected chi connectivity index (χ3v) is 4.76. The number of hydrogen-bond donors (Lipinski definition) is 1. The second kappa shape index (κ2) is 7.27. The van der Waals surface area contributed by atoms with Crippen LogP contribution in [0.4, 0.5) is 5.69 Å². The van der Waals surface area contributed by atoms with Crippen molar-refractivity contribution in [3.8, 4) is 5.75 Å². The highest BCUT2D eigenvalue weighted by Gasteiger charge is 2.50. The number of ether oxygens (including phenoxy) is 1. The number of fused-ring (bicyclic) bond motifs is 1. The molecule has 1 aliphatic heterocycles. The van der Waals surface area contributed by atoms with E-state index in [-0.39, 0.29) is 25.4 Å². The van der Waals surface area contributed by atoms with E-state index in [1.54, 1.807) is 36.4 Å². The zero-order valence-corrected chi connectivity index (χ0v) is 15.5. The Morgan fingerprint density at radius 1 is 1.23 bits per heavy atom. The number of carbonyl (C=O) groups excluding carboxylic acids is 2. The molecule has 0 spiro atoms. The molecule has 1 amide bonds. The van der Waals surface area contributed by atoms with Crippen LogP contribution in [0.15, 0.2) is 42.5 Å². The number of para-hydroxylation sites is 1. The number of aliphatic hydroxyl groups is 1. The van der Waals surface area contributed by atoms with E-state index in [4.69, 9.17) is 27.9 Å². The molecule has 2 aromatic rings. The molecule has 1 N–H and O–H groups in total. The second-order valence-electron chi connectivity index (χ2n) is 6.14. The number of rotatable bonds is 6. The maximum absolute atomic E-state index is 12.8. The van der Waals surface area contributed by atoms with E-state index in [1.165, 1.54) is 17.9 Å². The summed E-state index contributed by atoms with van der Waals surface area (Å²) in [4.78, 5) is 25.8. The fourth-order valence-electron chi connectivity index (χ4n) is 3.08. The first kappa shape index (κ1) is 18.7. The van der Waals surface area contributed by atoms with Crippen LogP contribution in [-0.2, 0) is 15.2 Å². The maximum Gasteiger partial charge on any atom is 0.264 e. The number of carbonyl (C=O) groups is 2. The standard InChI is InChI=1S/C19H17Cl2NO4/c1-12(23)11-19(25)14-10-13(20)6-7-16(14)22(18(19)24)8-9-26-17-5-3-2-4-15(17)21/h2-7,10,25H,8-9,11H2,1H3/t19-/m1/s1. The summed E-state index contributed by atoms with van der Waals surface area (Å²) < 4.78 is 5.63. The predicted octanol–water partition coefficient (Wildman–Crippen LogP) is 3.59. The maximum atomic E-state index is 12.8. The minimum absolute atomic E-state index is 0.174. The van der Waals surface area contributed by atoms with Crippen LogP contribution in [0.3, 0.4) is 0 Å². The van der Waals surface area contributed by atoms with Gasteiger partial charge in [0, 0.05) is 17.0 Å². The summed E-state index contributed by atoms with van der Waals surface area (Å²) >= 11 is 12.1. The number of halogens is 2. The number of amides is 1. The minimum atomic E-state index is -1.91. The number of ketones is 1. The van der Waals surface area contributed by atoms with Crippen LogP contribution in [0.1, 0.15) is 18.9 Å². The SMILES string of the molecule is CC(=O)C[C@]1(O)C(=O)N(CCOc2ccccc2Cl)c2ccc(Cl)cc21. The van der Waals surface area contributed by atoms with Gasteiger partial charge in [-0.05, 0) is 37.3 Å². The van der Waals surface area contributed by atoms with Crippen molar-refractivity contribution in [2.45, 2.75) is 18.9 Å². The first-order valence-corrected chi connectivity index (χ1v) is 8.79. The Morgan fingerprint density at radius 3 is 2.65 bits per heavy atom. The molecule has 1 heterocycles. The molecule has 0 aromatic heterocycles. The predicted molar refractivity (Wildman–Crippen MR) is 99.9 cm³/mol. The monoisotopic (exact) mass is 393 g/mol. The highest BCUT2D eigenvalue weighted by molar-refractivity contribution is 6.32. The Labute approximate surface area is 161 Å². The first-order chi connectivity index (χ1) is 12.3. The van der Waals surface area contributed by atoms with Crippen LogP contribution in [-0.4, -0.2) is 29.9 Å². The van der Waals surface area contributed by atoms with Crippen molar-refractivity contribution in [3.63, 3.8) is 0 Å². The van der Waals surface area contributed by atoms with Gasteiger partial charge in [-0.1, -0.05) is 35.3 Å². The van der Waals surface area contributed by atoms with Gasteiger partial charge in [-0.15, -0.1) is 0 Å². The van der Waals surface area contributed by atoms with E-state index in [0.29, 0.717) is 27.0 Å². The largest absolute Gasteiger partial charge is 0.490 e. The highest BCUT2D eigenvalue weighted by Crippen LogP contribution is 2.43. The van der Waals surface area contributed by atoms with Crippen molar-refractivity contribution in [1.29, 1.82) is 0 Å². The molecule has 0 bridgehead atoms. The smallest absolute Gasteiger partial charge is 0.264 e. The molecule has 0 saturated heterocycles. The summed E-state index contributed by atoms with van der Waals surface area (Å²) in [6.45, 7) is 1.70. The van der Waals surface area contributed by atoms with Gasteiger partial charge in [0.2, 0.25) is 0 Å². The van der Waals surface area contributed by atoms with E-state index in [9.17, 15) is 14.7 Å². The molecule has 0 fully saturated rings. The lowest BCUT2D eigenvalue weighted by molar-refractivity contribution is -0.141. The lowest BCUT2D eigenvalue weighted by Crippen LogP contribution is -2.43. The summed E-state index contributed by atoms with van der Waals surface area (Å²) in [5, 5.41) is 11.8. The number of Topliss-reactive ketones (excluding diaryl/α,β-unsaturated/α-hetero) is 1. The van der Waals surface area contributed by atoms with Gasteiger partial charge in [0.25, 0.3) is 5.91 Å². The Hall–Kier alpha value is -2.08. The first-order valence-electron chi connectivity index (χ1n) is 8.04. The van der Waals surface area contributed by atoms with Crippen molar-refractivity contribution in [2.75, 3.05) is 18.1 Å². The molecule has 26 heavy (non-hydrogen) atoms. The van der Waals surface area contributed by atoms with E-state index < -0.39 is 11.5 Å². The van der Waals surface area contributed by atoms with Gasteiger partial charge in [0.05, 0.1) is 17.3 Å². The van der Waals surface area contributed by atoms with Crippen LogP contribution in [0.5, 0.6) is 5.75 Å². The summed E-state index contributed by atoms with van der Waals surface area (Å²) in [6.07, 6.45) is -0.305. The molecule has 5 nitrogen and oxygen atoms in total. The number of hydrogen-bond acceptors (Lipinski definition) is 4. The zero-order chi connectivity index (χ0) is 18.9. The summed E-state index contributed by atoms with van der Waals surface area (Å²) in [5.74, 6) is -0.343. The highest BCUT2D eigenvalue weighted by atomic mass is 35.5. The molecule has 136 valence electrons. The lowest BCUT2D eigenvalue weighted by Gasteiger charge is -2.22. The topological polar surface area (TPSA) is 66.8 Å². The van der Waals surface area contributed by atoms with E-state index in [1.807, 2.05) is 0 Å². The second-order valence-corrected chi connectivity index (χ2v) is 6.98. The molecule has 0 aliphatic carbocycles. The van der Waals surface area contributed by atoms with Crippen molar-refractivity contribution >= 4 is 40.6 Å². The molecule has 0 radical (unpaired) electrons.